The van der Waals surface area contributed by atoms with Crippen LogP contribution in [0.2, 0.25) is 0 Å². The molecule has 0 amide bonds. The van der Waals surface area contributed by atoms with Crippen molar-refractivity contribution in [1.29, 1.82) is 0 Å². The van der Waals surface area contributed by atoms with E-state index in [1.807, 2.05) is 32.0 Å². The first-order chi connectivity index (χ1) is 17.4. The number of halogens is 2. The van der Waals surface area contributed by atoms with Gasteiger partial charge in [-0.05, 0) is 62.4 Å². The Kier molecular flexibility index (Phi) is 5.56. The normalized spacial score (nSPS) is 15.7. The molecule has 6 rings (SSSR count). The molecule has 0 N–H and O–H groups in total. The highest BCUT2D eigenvalue weighted by Gasteiger charge is 2.32. The summed E-state index contributed by atoms with van der Waals surface area (Å²) in [6.07, 6.45) is 3.40. The summed E-state index contributed by atoms with van der Waals surface area (Å²) in [7, 11) is 1.75. The summed E-state index contributed by atoms with van der Waals surface area (Å²) < 4.78 is 40.4. The van der Waals surface area contributed by atoms with Crippen LogP contribution in [0, 0.1) is 31.4 Å². The average molecular weight is 488 g/mol. The van der Waals surface area contributed by atoms with Gasteiger partial charge >= 0.3 is 0 Å². The lowest BCUT2D eigenvalue weighted by atomic mass is 9.86. The van der Waals surface area contributed by atoms with Gasteiger partial charge in [0.25, 0.3) is 0 Å². The van der Waals surface area contributed by atoms with Gasteiger partial charge in [-0.3, -0.25) is 4.98 Å². The topological polar surface area (TPSA) is 57.8 Å². The standard InChI is InChI=1S/C28H27F2N5O/c1-16-12-25-26(31-15-16)21-13-23(30)20(27-17(2)32-33-34(27)3)14-24(21)35(25)28(18-8-10-36-11-9-18)19-6-4-5-7-22(19)29/h4-7,12-15,18,28H,8-11H2,1-3H3/t28-/m0/s1. The minimum Gasteiger partial charge on any atom is -0.381 e. The molecule has 4 heterocycles. The molecule has 184 valence electrons. The van der Waals surface area contributed by atoms with Crippen molar-refractivity contribution in [3.8, 4) is 11.3 Å². The smallest absolute Gasteiger partial charge is 0.133 e. The molecule has 0 spiro atoms. The largest absolute Gasteiger partial charge is 0.381 e. The third kappa shape index (κ3) is 3.59. The molecule has 2 aromatic carbocycles. The number of pyridine rings is 1. The molecule has 1 atom stereocenters. The highest BCUT2D eigenvalue weighted by molar-refractivity contribution is 6.07. The summed E-state index contributed by atoms with van der Waals surface area (Å²) in [6.45, 7) is 5.06. The molecular formula is C28H27F2N5O. The van der Waals surface area contributed by atoms with Crippen LogP contribution in [0.15, 0.2) is 48.7 Å². The Morgan fingerprint density at radius 1 is 1.00 bits per heavy atom. The zero-order valence-electron chi connectivity index (χ0n) is 20.5. The minimum absolute atomic E-state index is 0.142. The van der Waals surface area contributed by atoms with Gasteiger partial charge in [-0.2, -0.15) is 0 Å². The van der Waals surface area contributed by atoms with Gasteiger partial charge in [0.2, 0.25) is 0 Å². The highest BCUT2D eigenvalue weighted by Crippen LogP contribution is 2.42. The number of rotatable bonds is 4. The van der Waals surface area contributed by atoms with Gasteiger partial charge < -0.3 is 9.30 Å². The van der Waals surface area contributed by atoms with E-state index in [0.29, 0.717) is 46.6 Å². The fraction of sp³-hybridized carbons (Fsp3) is 0.321. The third-order valence-electron chi connectivity index (χ3n) is 7.33. The van der Waals surface area contributed by atoms with Gasteiger partial charge in [0.1, 0.15) is 11.6 Å². The summed E-state index contributed by atoms with van der Waals surface area (Å²) in [5.41, 5.74) is 5.64. The molecule has 1 saturated heterocycles. The lowest BCUT2D eigenvalue weighted by Crippen LogP contribution is -2.27. The molecule has 1 fully saturated rings. The van der Waals surface area contributed by atoms with Crippen LogP contribution in [0.3, 0.4) is 0 Å². The fourth-order valence-corrected chi connectivity index (χ4v) is 5.69. The Hall–Kier alpha value is -3.65. The number of ether oxygens (including phenoxy) is 1. The van der Waals surface area contributed by atoms with E-state index in [1.54, 1.807) is 30.1 Å². The molecule has 0 aliphatic carbocycles. The lowest BCUT2D eigenvalue weighted by Gasteiger charge is -2.33. The monoisotopic (exact) mass is 487 g/mol. The second kappa shape index (κ2) is 8.78. The van der Waals surface area contributed by atoms with E-state index in [0.717, 1.165) is 29.4 Å². The maximum absolute atomic E-state index is 15.6. The van der Waals surface area contributed by atoms with Crippen molar-refractivity contribution in [2.24, 2.45) is 13.0 Å². The summed E-state index contributed by atoms with van der Waals surface area (Å²) >= 11 is 0. The third-order valence-corrected chi connectivity index (χ3v) is 7.33. The molecule has 8 heteroatoms. The molecule has 1 aliphatic rings. The van der Waals surface area contributed by atoms with Crippen LogP contribution >= 0.6 is 0 Å². The average Bonchev–Trinajstić information content (AvgIpc) is 3.36. The summed E-state index contributed by atoms with van der Waals surface area (Å²) in [6, 6.07) is 12.1. The lowest BCUT2D eigenvalue weighted by molar-refractivity contribution is 0.0548. The van der Waals surface area contributed by atoms with Gasteiger partial charge in [0.05, 0.1) is 34.0 Å². The number of hydrogen-bond donors (Lipinski definition) is 0. The molecule has 0 unspecified atom stereocenters. The van der Waals surface area contributed by atoms with Crippen molar-refractivity contribution >= 4 is 21.9 Å². The highest BCUT2D eigenvalue weighted by atomic mass is 19.1. The zero-order valence-corrected chi connectivity index (χ0v) is 20.5. The minimum atomic E-state index is -0.370. The van der Waals surface area contributed by atoms with Crippen LogP contribution in [-0.4, -0.2) is 37.8 Å². The SMILES string of the molecule is Cc1cnc2c3cc(F)c(-c4c(C)nnn4C)cc3n([C@H](c3ccccc3F)C3CCOCC3)c2c1. The Morgan fingerprint density at radius 3 is 2.50 bits per heavy atom. The maximum atomic E-state index is 15.6. The second-order valence-electron chi connectivity index (χ2n) is 9.66. The van der Waals surface area contributed by atoms with Gasteiger partial charge in [0, 0.05) is 43.0 Å². The first-order valence-corrected chi connectivity index (χ1v) is 12.2. The number of aromatic nitrogens is 5. The molecule has 1 aliphatic heterocycles. The van der Waals surface area contributed by atoms with E-state index in [4.69, 9.17) is 9.72 Å². The Labute approximate surface area is 207 Å². The quantitative estimate of drug-likeness (QED) is 0.317. The van der Waals surface area contributed by atoms with Crippen LogP contribution in [0.25, 0.3) is 33.2 Å². The molecule has 36 heavy (non-hydrogen) atoms. The number of aryl methyl sites for hydroxylation is 3. The molecule has 3 aromatic heterocycles. The van der Waals surface area contributed by atoms with E-state index in [2.05, 4.69) is 20.9 Å². The number of fused-ring (bicyclic) bond motifs is 3. The van der Waals surface area contributed by atoms with Crippen molar-refractivity contribution in [1.82, 2.24) is 24.5 Å². The van der Waals surface area contributed by atoms with E-state index < -0.39 is 0 Å². The summed E-state index contributed by atoms with van der Waals surface area (Å²) in [5, 5.41) is 8.90. The summed E-state index contributed by atoms with van der Waals surface area (Å²) in [4.78, 5) is 4.71. The van der Waals surface area contributed by atoms with Crippen LogP contribution < -0.4 is 0 Å². The van der Waals surface area contributed by atoms with E-state index in [-0.39, 0.29) is 23.6 Å². The summed E-state index contributed by atoms with van der Waals surface area (Å²) in [5.74, 6) is -0.479. The molecular weight excluding hydrogens is 460 g/mol. The van der Waals surface area contributed by atoms with Crippen molar-refractivity contribution in [2.45, 2.75) is 32.7 Å². The predicted octanol–water partition coefficient (Wildman–Crippen LogP) is 5.90. The van der Waals surface area contributed by atoms with Crippen molar-refractivity contribution in [2.75, 3.05) is 13.2 Å². The van der Waals surface area contributed by atoms with E-state index in [9.17, 15) is 0 Å². The zero-order chi connectivity index (χ0) is 25.0. The van der Waals surface area contributed by atoms with Crippen LogP contribution in [0.1, 0.15) is 35.7 Å². The molecule has 0 radical (unpaired) electrons. The Balaban J connectivity index is 1.72. The number of nitrogens with zero attached hydrogens (tertiary/aromatic N) is 5. The van der Waals surface area contributed by atoms with Crippen LogP contribution in [0.5, 0.6) is 0 Å². The molecule has 6 nitrogen and oxygen atoms in total. The van der Waals surface area contributed by atoms with Gasteiger partial charge in [-0.15, -0.1) is 5.10 Å². The van der Waals surface area contributed by atoms with Crippen LogP contribution in [0.4, 0.5) is 8.78 Å². The fourth-order valence-electron chi connectivity index (χ4n) is 5.69. The van der Waals surface area contributed by atoms with Gasteiger partial charge in [-0.1, -0.05) is 23.4 Å². The van der Waals surface area contributed by atoms with Crippen LogP contribution in [-0.2, 0) is 11.8 Å². The molecule has 0 bridgehead atoms. The molecule has 5 aromatic rings. The molecule has 0 saturated carbocycles. The van der Waals surface area contributed by atoms with Crippen molar-refractivity contribution in [3.05, 3.63) is 77.1 Å². The van der Waals surface area contributed by atoms with Crippen molar-refractivity contribution < 1.29 is 13.5 Å². The first-order valence-electron chi connectivity index (χ1n) is 12.2. The van der Waals surface area contributed by atoms with Crippen molar-refractivity contribution in [3.63, 3.8) is 0 Å². The maximum Gasteiger partial charge on any atom is 0.133 e. The van der Waals surface area contributed by atoms with Gasteiger partial charge in [-0.25, -0.2) is 13.5 Å². The number of hydrogen-bond acceptors (Lipinski definition) is 4. The Morgan fingerprint density at radius 2 is 1.78 bits per heavy atom. The number of benzene rings is 2. The predicted molar refractivity (Wildman–Crippen MR) is 135 cm³/mol. The van der Waals surface area contributed by atoms with E-state index in [1.165, 1.54) is 6.07 Å². The first kappa shape index (κ1) is 22.8. The second-order valence-corrected chi connectivity index (χ2v) is 9.66. The van der Waals surface area contributed by atoms with E-state index >= 15 is 8.78 Å². The van der Waals surface area contributed by atoms with Gasteiger partial charge in [0.15, 0.2) is 0 Å². The Bertz CT molecular complexity index is 1580.